The van der Waals surface area contributed by atoms with Gasteiger partial charge in [0.2, 0.25) is 0 Å². The van der Waals surface area contributed by atoms with Crippen LogP contribution in [-0.4, -0.2) is 59.3 Å². The Bertz CT molecular complexity index is 939. The maximum atomic E-state index is 12.8. The summed E-state index contributed by atoms with van der Waals surface area (Å²) in [5.74, 6) is 1.04. The van der Waals surface area contributed by atoms with E-state index in [4.69, 9.17) is 9.47 Å². The summed E-state index contributed by atoms with van der Waals surface area (Å²) >= 11 is 0. The second-order valence-corrected chi connectivity index (χ2v) is 8.92. The summed E-state index contributed by atoms with van der Waals surface area (Å²) in [5, 5.41) is 0. The molecule has 2 aliphatic rings. The molecule has 8 heteroatoms. The van der Waals surface area contributed by atoms with E-state index >= 15 is 0 Å². The van der Waals surface area contributed by atoms with Crippen LogP contribution in [0.1, 0.15) is 13.3 Å². The number of fused-ring (bicyclic) bond motifs is 1. The number of sulfonamides is 1. The summed E-state index contributed by atoms with van der Waals surface area (Å²) < 4.78 is 39.4. The summed E-state index contributed by atoms with van der Waals surface area (Å²) in [7, 11) is -3.71. The fourth-order valence-corrected chi connectivity index (χ4v) is 4.66. The van der Waals surface area contributed by atoms with Gasteiger partial charge in [0.05, 0.1) is 18.1 Å². The van der Waals surface area contributed by atoms with Crippen molar-refractivity contribution < 1.29 is 17.9 Å². The molecule has 156 valence electrons. The first-order valence-electron chi connectivity index (χ1n) is 10.0. The van der Waals surface area contributed by atoms with Gasteiger partial charge < -0.3 is 19.3 Å². The van der Waals surface area contributed by atoms with Crippen molar-refractivity contribution in [1.29, 1.82) is 0 Å². The molecule has 2 aliphatic heterocycles. The van der Waals surface area contributed by atoms with Gasteiger partial charge in [-0.3, -0.25) is 4.72 Å². The van der Waals surface area contributed by atoms with Crippen LogP contribution in [0.3, 0.4) is 0 Å². The Labute approximate surface area is 172 Å². The van der Waals surface area contributed by atoms with E-state index in [1.165, 1.54) is 12.1 Å². The molecule has 2 heterocycles. The van der Waals surface area contributed by atoms with Crippen molar-refractivity contribution in [3.63, 3.8) is 0 Å². The lowest BCUT2D eigenvalue weighted by atomic mass is 10.2. The number of rotatable bonds is 5. The molecule has 0 saturated carbocycles. The monoisotopic (exact) mass is 417 g/mol. The Hall–Kier alpha value is -2.45. The number of hydrogen-bond acceptors (Lipinski definition) is 6. The minimum atomic E-state index is -3.71. The smallest absolute Gasteiger partial charge is 0.262 e. The van der Waals surface area contributed by atoms with Crippen LogP contribution in [0.2, 0.25) is 0 Å². The van der Waals surface area contributed by atoms with Gasteiger partial charge in [0.15, 0.2) is 11.5 Å². The zero-order chi connectivity index (χ0) is 20.3. The van der Waals surface area contributed by atoms with E-state index in [-0.39, 0.29) is 4.90 Å². The van der Waals surface area contributed by atoms with Gasteiger partial charge in [-0.25, -0.2) is 8.42 Å². The van der Waals surface area contributed by atoms with Crippen molar-refractivity contribution in [3.05, 3.63) is 42.5 Å². The third-order valence-electron chi connectivity index (χ3n) is 5.33. The molecule has 2 aromatic rings. The summed E-state index contributed by atoms with van der Waals surface area (Å²) in [5.41, 5.74) is 1.65. The molecule has 7 nitrogen and oxygen atoms in total. The number of nitrogens with one attached hydrogen (secondary N) is 1. The number of ether oxygens (including phenoxy) is 2. The predicted molar refractivity (Wildman–Crippen MR) is 114 cm³/mol. The van der Waals surface area contributed by atoms with Crippen LogP contribution < -0.4 is 19.1 Å². The zero-order valence-electron chi connectivity index (χ0n) is 16.6. The normalized spacial score (nSPS) is 17.6. The van der Waals surface area contributed by atoms with Crippen molar-refractivity contribution in [2.24, 2.45) is 0 Å². The summed E-state index contributed by atoms with van der Waals surface area (Å²) in [4.78, 5) is 4.91. The molecule has 0 unspecified atom stereocenters. The van der Waals surface area contributed by atoms with Crippen molar-refractivity contribution in [1.82, 2.24) is 4.90 Å². The maximum Gasteiger partial charge on any atom is 0.262 e. The molecule has 1 N–H and O–H groups in total. The van der Waals surface area contributed by atoms with Crippen molar-refractivity contribution in [2.45, 2.75) is 18.2 Å². The summed E-state index contributed by atoms with van der Waals surface area (Å²) in [6.07, 6.45) is 0.773. The largest absolute Gasteiger partial charge is 0.490 e. The van der Waals surface area contributed by atoms with E-state index in [2.05, 4.69) is 21.4 Å². The van der Waals surface area contributed by atoms with Gasteiger partial charge in [-0.05, 0) is 42.9 Å². The van der Waals surface area contributed by atoms with E-state index < -0.39 is 10.0 Å². The molecule has 0 radical (unpaired) electrons. The molecule has 1 fully saturated rings. The lowest BCUT2D eigenvalue weighted by Crippen LogP contribution is -2.46. The molecule has 0 atom stereocenters. The predicted octanol–water partition coefficient (Wildman–Crippen LogP) is 2.79. The first-order chi connectivity index (χ1) is 14.0. The van der Waals surface area contributed by atoms with Gasteiger partial charge in [0.1, 0.15) is 0 Å². The maximum absolute atomic E-state index is 12.8. The Morgan fingerprint density at radius 2 is 1.62 bits per heavy atom. The topological polar surface area (TPSA) is 71.1 Å². The van der Waals surface area contributed by atoms with Crippen molar-refractivity contribution in [2.75, 3.05) is 55.6 Å². The molecule has 0 aromatic heterocycles. The number of hydrogen-bond donors (Lipinski definition) is 1. The minimum absolute atomic E-state index is 0.154. The SMILES string of the molecule is CCN1CCN(c2ccc(NS(=O)(=O)c3ccc4c(c3)OCCCO4)cc2)CC1. The summed E-state index contributed by atoms with van der Waals surface area (Å²) in [6, 6.07) is 12.3. The molecular formula is C21H27N3O4S. The third-order valence-corrected chi connectivity index (χ3v) is 6.71. The molecule has 0 spiro atoms. The molecule has 0 bridgehead atoms. The van der Waals surface area contributed by atoms with E-state index in [0.29, 0.717) is 30.4 Å². The van der Waals surface area contributed by atoms with Gasteiger partial charge in [0, 0.05) is 50.0 Å². The summed E-state index contributed by atoms with van der Waals surface area (Å²) in [6.45, 7) is 8.40. The number of benzene rings is 2. The number of likely N-dealkylation sites (N-methyl/N-ethyl adjacent to an activating group) is 1. The number of piperazine rings is 1. The molecule has 29 heavy (non-hydrogen) atoms. The molecular weight excluding hydrogens is 390 g/mol. The highest BCUT2D eigenvalue weighted by molar-refractivity contribution is 7.92. The number of anilines is 2. The Morgan fingerprint density at radius 3 is 2.31 bits per heavy atom. The lowest BCUT2D eigenvalue weighted by Gasteiger charge is -2.35. The highest BCUT2D eigenvalue weighted by Gasteiger charge is 2.20. The van der Waals surface area contributed by atoms with Crippen molar-refractivity contribution in [3.8, 4) is 11.5 Å². The van der Waals surface area contributed by atoms with Crippen LogP contribution in [0.5, 0.6) is 11.5 Å². The second-order valence-electron chi connectivity index (χ2n) is 7.23. The first kappa shape index (κ1) is 19.8. The first-order valence-corrected chi connectivity index (χ1v) is 11.5. The lowest BCUT2D eigenvalue weighted by molar-refractivity contribution is 0.271. The standard InChI is InChI=1S/C21H27N3O4S/c1-2-23-10-12-24(13-11-23)18-6-4-17(5-7-18)22-29(25,26)19-8-9-20-21(16-19)28-15-3-14-27-20/h4-9,16,22H,2-3,10-15H2,1H3. The zero-order valence-corrected chi connectivity index (χ0v) is 17.5. The van der Waals surface area contributed by atoms with Crippen molar-refractivity contribution >= 4 is 21.4 Å². The van der Waals surface area contributed by atoms with Crippen LogP contribution >= 0.6 is 0 Å². The van der Waals surface area contributed by atoms with Gasteiger partial charge in [-0.1, -0.05) is 6.92 Å². The molecule has 2 aromatic carbocycles. The van der Waals surface area contributed by atoms with E-state index in [9.17, 15) is 8.42 Å². The van der Waals surface area contributed by atoms with E-state index in [1.54, 1.807) is 6.07 Å². The molecule has 1 saturated heterocycles. The van der Waals surface area contributed by atoms with Crippen LogP contribution in [-0.2, 0) is 10.0 Å². The van der Waals surface area contributed by atoms with Gasteiger partial charge in [-0.15, -0.1) is 0 Å². The van der Waals surface area contributed by atoms with Gasteiger partial charge >= 0.3 is 0 Å². The molecule has 0 aliphatic carbocycles. The fourth-order valence-electron chi connectivity index (χ4n) is 3.59. The Morgan fingerprint density at radius 1 is 0.931 bits per heavy atom. The highest BCUT2D eigenvalue weighted by atomic mass is 32.2. The van der Waals surface area contributed by atoms with Crippen LogP contribution in [0.4, 0.5) is 11.4 Å². The van der Waals surface area contributed by atoms with Gasteiger partial charge in [-0.2, -0.15) is 0 Å². The Balaban J connectivity index is 1.45. The third kappa shape index (κ3) is 4.59. The average Bonchev–Trinajstić information content (AvgIpc) is 2.99. The average molecular weight is 418 g/mol. The molecule has 0 amide bonds. The number of nitrogens with zero attached hydrogens (tertiary/aromatic N) is 2. The van der Waals surface area contributed by atoms with Crippen LogP contribution in [0.15, 0.2) is 47.4 Å². The van der Waals surface area contributed by atoms with Crippen LogP contribution in [0.25, 0.3) is 0 Å². The quantitative estimate of drug-likeness (QED) is 0.807. The fraction of sp³-hybridized carbons (Fsp3) is 0.429. The minimum Gasteiger partial charge on any atom is -0.490 e. The van der Waals surface area contributed by atoms with Crippen LogP contribution in [0, 0.1) is 0 Å². The highest BCUT2D eigenvalue weighted by Crippen LogP contribution is 2.32. The molecule has 4 rings (SSSR count). The Kier molecular flexibility index (Phi) is 5.82. The second kappa shape index (κ2) is 8.51. The van der Waals surface area contributed by atoms with E-state index in [0.717, 1.165) is 44.8 Å². The van der Waals surface area contributed by atoms with E-state index in [1.807, 2.05) is 24.3 Å². The van der Waals surface area contributed by atoms with Gasteiger partial charge in [0.25, 0.3) is 10.0 Å².